The van der Waals surface area contributed by atoms with Crippen molar-refractivity contribution < 1.29 is 8.83 Å². The van der Waals surface area contributed by atoms with Gasteiger partial charge in [-0.15, -0.1) is 0 Å². The van der Waals surface area contributed by atoms with E-state index in [0.717, 1.165) is 150 Å². The molecule has 19 aromatic rings. The SMILES string of the molecule is Cc1ccc2c(c1)c1ccccc1n2-c1ccc(-c2nc(-c3cccc4c3oc3ccccc34)c(-c3ccc(-n4c5ccccc5c5cc(C)ccc54)cc3)c(-c3ccccc3-c3nc(-c4ccccc4)nc(-c4ccccc4)n3)c2-c2cccc3c2oc2ccccc23)cc1. The van der Waals surface area contributed by atoms with Crippen LogP contribution in [0.2, 0.25) is 0 Å². The maximum atomic E-state index is 7.23. The quantitative estimate of drug-likeness (QED) is 0.136. The summed E-state index contributed by atoms with van der Waals surface area (Å²) in [6.07, 6.45) is 0. The van der Waals surface area contributed by atoms with E-state index < -0.39 is 0 Å². The Labute approximate surface area is 551 Å². The second kappa shape index (κ2) is 21.9. The molecule has 8 heteroatoms. The Morgan fingerprint density at radius 2 is 0.667 bits per heavy atom. The summed E-state index contributed by atoms with van der Waals surface area (Å²) in [6, 6.07) is 107. The number of hydrogen-bond donors (Lipinski definition) is 0. The lowest BCUT2D eigenvalue weighted by molar-refractivity contribution is 0.669. The molecule has 96 heavy (non-hydrogen) atoms. The average Bonchev–Trinajstić information content (AvgIpc) is 1.00. The molecule has 0 radical (unpaired) electrons. The van der Waals surface area contributed by atoms with Crippen LogP contribution in [0.4, 0.5) is 0 Å². The number of para-hydroxylation sites is 6. The lowest BCUT2D eigenvalue weighted by Gasteiger charge is -2.25. The molecular formula is C88H56N6O2. The van der Waals surface area contributed by atoms with Crippen molar-refractivity contribution in [2.24, 2.45) is 0 Å². The molecule has 0 atom stereocenters. The molecule has 0 N–H and O–H groups in total. The van der Waals surface area contributed by atoms with Crippen molar-refractivity contribution in [3.63, 3.8) is 0 Å². The number of benzene rings is 13. The molecular weight excluding hydrogens is 1170 g/mol. The summed E-state index contributed by atoms with van der Waals surface area (Å²) in [4.78, 5) is 22.5. The third kappa shape index (κ3) is 8.76. The van der Waals surface area contributed by atoms with Gasteiger partial charge in [-0.3, -0.25) is 0 Å². The van der Waals surface area contributed by atoms with Gasteiger partial charge in [-0.1, -0.05) is 236 Å². The van der Waals surface area contributed by atoms with E-state index in [1.54, 1.807) is 0 Å². The van der Waals surface area contributed by atoms with Crippen LogP contribution in [0.5, 0.6) is 0 Å². The summed E-state index contributed by atoms with van der Waals surface area (Å²) in [5.41, 5.74) is 23.2. The molecule has 0 amide bonds. The summed E-state index contributed by atoms with van der Waals surface area (Å²) < 4.78 is 19.1. The largest absolute Gasteiger partial charge is 0.455 e. The third-order valence-corrected chi connectivity index (χ3v) is 19.1. The standard InChI is InChI=1S/C88H56N6O2/c1-53-39-49-75-71(51-53)61-25-11-15-35-73(61)93(75)59-45-41-55(42-46-59)79-80(65-29-9-10-30-68(65)88-91-86(57-21-5-3-6-22-57)90-87(92-88)58-23-7-4-8-24-58)81(69-33-19-31-66-63-27-13-17-37-77(63)95-84(66)69)82(89-83(79)70-34-20-32-67-64-28-14-18-38-78(64)96-85(67)70)56-43-47-60(48-44-56)94-74-36-16-12-26-62(74)72-52-54(2)40-50-76(72)94/h3-52H,1-2H3. The van der Waals surface area contributed by atoms with Gasteiger partial charge in [0.2, 0.25) is 0 Å². The van der Waals surface area contributed by atoms with Gasteiger partial charge in [0.25, 0.3) is 0 Å². The van der Waals surface area contributed by atoms with Crippen LogP contribution in [0.1, 0.15) is 11.1 Å². The van der Waals surface area contributed by atoms with Crippen LogP contribution in [0.3, 0.4) is 0 Å². The Balaban J connectivity index is 0.969. The molecule has 0 bridgehead atoms. The lowest BCUT2D eigenvalue weighted by Crippen LogP contribution is -2.05. The van der Waals surface area contributed by atoms with Gasteiger partial charge in [0.05, 0.1) is 33.5 Å². The van der Waals surface area contributed by atoms with Crippen LogP contribution in [0.15, 0.2) is 312 Å². The minimum atomic E-state index is 0.513. The second-order valence-corrected chi connectivity index (χ2v) is 24.9. The summed E-state index contributed by atoms with van der Waals surface area (Å²) in [7, 11) is 0. The topological polar surface area (TPSA) is 87.7 Å². The van der Waals surface area contributed by atoms with Gasteiger partial charge in [0.1, 0.15) is 22.3 Å². The number of nitrogens with zero attached hydrogens (tertiary/aromatic N) is 6. The molecule has 450 valence electrons. The lowest BCUT2D eigenvalue weighted by atomic mass is 9.81. The van der Waals surface area contributed by atoms with Crippen LogP contribution in [-0.2, 0) is 0 Å². The van der Waals surface area contributed by atoms with E-state index in [-0.39, 0.29) is 0 Å². The van der Waals surface area contributed by atoms with Gasteiger partial charge in [0, 0.05) is 105 Å². The second-order valence-electron chi connectivity index (χ2n) is 24.9. The Morgan fingerprint density at radius 1 is 0.250 bits per heavy atom. The molecule has 13 aromatic carbocycles. The zero-order chi connectivity index (χ0) is 63.5. The fraction of sp³-hybridized carbons (Fsp3) is 0.0227. The number of aryl methyl sites for hydroxylation is 2. The van der Waals surface area contributed by atoms with Crippen molar-refractivity contribution in [2.75, 3.05) is 0 Å². The zero-order valence-electron chi connectivity index (χ0n) is 52.4. The Kier molecular flexibility index (Phi) is 12.6. The smallest absolute Gasteiger partial charge is 0.164 e. The maximum absolute atomic E-state index is 7.23. The van der Waals surface area contributed by atoms with E-state index in [1.807, 2.05) is 54.6 Å². The predicted octanol–water partition coefficient (Wildman–Crippen LogP) is 23.2. The van der Waals surface area contributed by atoms with Gasteiger partial charge in [-0.2, -0.15) is 0 Å². The number of hydrogen-bond acceptors (Lipinski definition) is 6. The van der Waals surface area contributed by atoms with Gasteiger partial charge < -0.3 is 18.0 Å². The highest BCUT2D eigenvalue weighted by molar-refractivity contribution is 6.18. The van der Waals surface area contributed by atoms with E-state index in [0.29, 0.717) is 17.5 Å². The van der Waals surface area contributed by atoms with E-state index in [1.165, 1.54) is 32.7 Å². The molecule has 6 aromatic heterocycles. The first-order valence-corrected chi connectivity index (χ1v) is 32.5. The summed E-state index contributed by atoms with van der Waals surface area (Å²) >= 11 is 0. The number of pyridine rings is 1. The Morgan fingerprint density at radius 3 is 1.22 bits per heavy atom. The van der Waals surface area contributed by atoms with Gasteiger partial charge in [-0.25, -0.2) is 19.9 Å². The van der Waals surface area contributed by atoms with Crippen molar-refractivity contribution >= 4 is 87.5 Å². The Bertz CT molecular complexity index is 6280. The molecule has 0 saturated heterocycles. The van der Waals surface area contributed by atoms with Crippen LogP contribution in [0, 0.1) is 13.8 Å². The van der Waals surface area contributed by atoms with Gasteiger partial charge in [0.15, 0.2) is 17.5 Å². The van der Waals surface area contributed by atoms with Crippen LogP contribution >= 0.6 is 0 Å². The first-order valence-electron chi connectivity index (χ1n) is 32.5. The molecule has 0 spiro atoms. The highest BCUT2D eigenvalue weighted by Crippen LogP contribution is 2.54. The predicted molar refractivity (Wildman–Crippen MR) is 394 cm³/mol. The van der Waals surface area contributed by atoms with Crippen LogP contribution in [-0.4, -0.2) is 29.1 Å². The third-order valence-electron chi connectivity index (χ3n) is 19.1. The van der Waals surface area contributed by atoms with Crippen molar-refractivity contribution in [3.8, 4) is 101 Å². The molecule has 0 aliphatic heterocycles. The van der Waals surface area contributed by atoms with E-state index in [9.17, 15) is 0 Å². The minimum Gasteiger partial charge on any atom is -0.455 e. The monoisotopic (exact) mass is 1230 g/mol. The molecule has 0 aliphatic carbocycles. The summed E-state index contributed by atoms with van der Waals surface area (Å²) in [5.74, 6) is 1.63. The minimum absolute atomic E-state index is 0.513. The number of aromatic nitrogens is 6. The highest BCUT2D eigenvalue weighted by Gasteiger charge is 2.31. The molecule has 6 heterocycles. The highest BCUT2D eigenvalue weighted by atomic mass is 16.3. The molecule has 8 nitrogen and oxygen atoms in total. The van der Waals surface area contributed by atoms with Gasteiger partial charge in [-0.05, 0) is 104 Å². The average molecular weight is 1230 g/mol. The molecule has 0 fully saturated rings. The number of fused-ring (bicyclic) bond motifs is 12. The van der Waals surface area contributed by atoms with Crippen molar-refractivity contribution in [1.29, 1.82) is 0 Å². The molecule has 19 rings (SSSR count). The van der Waals surface area contributed by atoms with Crippen molar-refractivity contribution in [3.05, 3.63) is 314 Å². The van der Waals surface area contributed by atoms with Crippen molar-refractivity contribution in [1.82, 2.24) is 29.1 Å². The van der Waals surface area contributed by atoms with E-state index in [4.69, 9.17) is 28.8 Å². The van der Waals surface area contributed by atoms with Crippen molar-refractivity contribution in [2.45, 2.75) is 13.8 Å². The zero-order valence-corrected chi connectivity index (χ0v) is 52.4. The summed E-state index contributed by atoms with van der Waals surface area (Å²) in [5, 5.41) is 8.85. The van der Waals surface area contributed by atoms with Crippen LogP contribution in [0.25, 0.3) is 189 Å². The first-order chi connectivity index (χ1) is 47.4. The van der Waals surface area contributed by atoms with Crippen LogP contribution < -0.4 is 0 Å². The number of rotatable bonds is 10. The maximum Gasteiger partial charge on any atom is 0.164 e. The Hall–Kier alpha value is -12.8. The number of furan rings is 2. The summed E-state index contributed by atoms with van der Waals surface area (Å²) in [6.45, 7) is 4.32. The van der Waals surface area contributed by atoms with Gasteiger partial charge >= 0.3 is 0 Å². The molecule has 0 unspecified atom stereocenters. The fourth-order valence-electron chi connectivity index (χ4n) is 14.8. The van der Waals surface area contributed by atoms with E-state index >= 15 is 0 Å². The van der Waals surface area contributed by atoms with E-state index in [2.05, 4.69) is 272 Å². The first kappa shape index (κ1) is 54.9. The molecule has 0 aliphatic rings. The fourth-order valence-corrected chi connectivity index (χ4v) is 14.8. The normalized spacial score (nSPS) is 11.9. The molecule has 0 saturated carbocycles.